The molecule has 11 rings (SSSR count). The molecule has 0 saturated heterocycles. The van der Waals surface area contributed by atoms with Crippen LogP contribution >= 0.6 is 0 Å². The van der Waals surface area contributed by atoms with Gasteiger partial charge in [0.15, 0.2) is 0 Å². The molecule has 4 heterocycles. The van der Waals surface area contributed by atoms with E-state index in [1.54, 1.807) is 0 Å². The first-order valence-corrected chi connectivity index (χ1v) is 20.3. The number of anilines is 1. The van der Waals surface area contributed by atoms with Crippen LogP contribution in [0.4, 0.5) is 5.69 Å². The van der Waals surface area contributed by atoms with Crippen molar-refractivity contribution >= 4 is 33.2 Å². The van der Waals surface area contributed by atoms with Crippen molar-refractivity contribution in [2.24, 2.45) is 11.8 Å². The second-order valence-corrected chi connectivity index (χ2v) is 16.2. The fourth-order valence-electron chi connectivity index (χ4n) is 10.0. The number of nitrogens with zero attached hydrogens (tertiary/aromatic N) is 3. The Hall–Kier alpha value is -6.26. The van der Waals surface area contributed by atoms with Crippen LogP contribution in [0.15, 0.2) is 198 Å². The van der Waals surface area contributed by atoms with Gasteiger partial charge in [-0.3, -0.25) is 0 Å². The smallest absolute Gasteiger partial charge is 0.120 e. The predicted octanol–water partition coefficient (Wildman–Crippen LogP) is 11.4. The number of likely N-dealkylation sites (N-methyl/N-ethyl adjacent to an activating group) is 1. The van der Waals surface area contributed by atoms with Gasteiger partial charge in [-0.15, -0.1) is 0 Å². The summed E-state index contributed by atoms with van der Waals surface area (Å²) in [5.41, 5.74) is 15.3. The fraction of sp³-hybridized carbons (Fsp3) is 0.192. The molecular formula is C52H46N4. The van der Waals surface area contributed by atoms with Gasteiger partial charge in [0.05, 0.1) is 28.5 Å². The van der Waals surface area contributed by atoms with E-state index in [9.17, 15) is 0 Å². The number of hydrogen-bond acceptors (Lipinski definition) is 3. The molecule has 4 nitrogen and oxygen atoms in total. The fourth-order valence-corrected chi connectivity index (χ4v) is 10.0. The Morgan fingerprint density at radius 3 is 2.54 bits per heavy atom. The second-order valence-electron chi connectivity index (χ2n) is 16.2. The third-order valence-corrected chi connectivity index (χ3v) is 12.8. The van der Waals surface area contributed by atoms with E-state index >= 15 is 0 Å². The topological polar surface area (TPSA) is 23.4 Å². The van der Waals surface area contributed by atoms with E-state index in [-0.39, 0.29) is 18.1 Å². The van der Waals surface area contributed by atoms with E-state index in [0.29, 0.717) is 11.8 Å². The molecular weight excluding hydrogens is 681 g/mol. The standard InChI is InChI=1S/C52H46N4/c1-34-22-26-39(27-23-34)55-46-20-10-8-18-43(46)52-48(55)28-29-49-51(52)42-17-6-5-15-40(42)41-16-7-9-19-45(41)56(49)50-33-38(32-44(53-50)47-21-11-12-30-54(47)2)37-25-24-35-13-3-4-14-36(35)31-37/h3-22,25-29,31-35,41,45,50,53H,23-24,30H2,1-2H3/t34?,35-,41?,45?,50?/m0/s1. The average Bonchev–Trinajstić information content (AvgIpc) is 3.52. The first kappa shape index (κ1) is 33.1. The van der Waals surface area contributed by atoms with Crippen LogP contribution in [0.2, 0.25) is 0 Å². The van der Waals surface area contributed by atoms with Crippen LogP contribution in [0.1, 0.15) is 31.2 Å². The third-order valence-electron chi connectivity index (χ3n) is 12.8. The van der Waals surface area contributed by atoms with Gasteiger partial charge in [-0.1, -0.05) is 134 Å². The van der Waals surface area contributed by atoms with Gasteiger partial charge in [0.2, 0.25) is 0 Å². The Morgan fingerprint density at radius 1 is 0.750 bits per heavy atom. The van der Waals surface area contributed by atoms with Crippen LogP contribution in [0.3, 0.4) is 0 Å². The molecule has 56 heavy (non-hydrogen) atoms. The highest BCUT2D eigenvalue weighted by atomic mass is 15.3. The summed E-state index contributed by atoms with van der Waals surface area (Å²) in [5, 5.41) is 6.74. The number of nitrogens with one attached hydrogen (secondary N) is 1. The molecule has 0 radical (unpaired) electrons. The molecule has 3 aromatic carbocycles. The molecule has 0 amide bonds. The minimum absolute atomic E-state index is 0.0838. The van der Waals surface area contributed by atoms with Gasteiger partial charge in [0.1, 0.15) is 6.17 Å². The second kappa shape index (κ2) is 13.2. The lowest BCUT2D eigenvalue weighted by atomic mass is 9.83. The number of dihydropyridines is 1. The summed E-state index contributed by atoms with van der Waals surface area (Å²) in [4.78, 5) is 5.05. The Labute approximate surface area is 329 Å². The van der Waals surface area contributed by atoms with Gasteiger partial charge in [-0.25, -0.2) is 0 Å². The molecule has 4 heteroatoms. The zero-order valence-corrected chi connectivity index (χ0v) is 32.0. The summed E-state index contributed by atoms with van der Waals surface area (Å²) >= 11 is 0. The molecule has 4 unspecified atom stereocenters. The van der Waals surface area contributed by atoms with Crippen LogP contribution in [0.25, 0.3) is 38.6 Å². The van der Waals surface area contributed by atoms with Gasteiger partial charge in [0.25, 0.3) is 0 Å². The van der Waals surface area contributed by atoms with Crippen LogP contribution in [-0.4, -0.2) is 35.3 Å². The molecule has 0 fully saturated rings. The molecule has 7 aliphatic rings. The Kier molecular flexibility index (Phi) is 7.80. The molecule has 1 aromatic heterocycles. The number of aromatic nitrogens is 1. The zero-order valence-electron chi connectivity index (χ0n) is 32.0. The normalized spacial score (nSPS) is 25.9. The molecule has 4 aliphatic carbocycles. The van der Waals surface area contributed by atoms with E-state index in [1.807, 2.05) is 0 Å². The average molecular weight is 727 g/mol. The summed E-state index contributed by atoms with van der Waals surface area (Å²) < 4.78 is 2.50. The Bertz CT molecular complexity index is 2710. The summed E-state index contributed by atoms with van der Waals surface area (Å²) in [6.45, 7) is 3.18. The maximum atomic E-state index is 4.14. The molecule has 274 valence electrons. The lowest BCUT2D eigenvalue weighted by Crippen LogP contribution is -2.52. The molecule has 0 saturated carbocycles. The predicted molar refractivity (Wildman–Crippen MR) is 235 cm³/mol. The minimum atomic E-state index is -0.128. The number of benzene rings is 3. The van der Waals surface area contributed by atoms with Crippen molar-refractivity contribution in [2.75, 3.05) is 18.5 Å². The molecule has 0 bridgehead atoms. The SMILES string of the molecule is CC1C=CC(n2c3ccccc3c3c4c(ccc32)N(C2C=C(C3=CC[C@@H]5C=CC=CC5=C3)C=C(C3=CC=CCN3C)N2)C2C=CC=CC2c2ccccc2-4)=CC1. The molecule has 0 spiro atoms. The number of rotatable bonds is 4. The molecule has 4 aromatic rings. The van der Waals surface area contributed by atoms with E-state index < -0.39 is 0 Å². The number of fused-ring (bicyclic) bond motifs is 10. The lowest BCUT2D eigenvalue weighted by molar-refractivity contribution is 0.447. The van der Waals surface area contributed by atoms with Crippen LogP contribution in [0.5, 0.6) is 0 Å². The quantitative estimate of drug-likeness (QED) is 0.226. The van der Waals surface area contributed by atoms with Crippen molar-refractivity contribution in [1.82, 2.24) is 14.8 Å². The van der Waals surface area contributed by atoms with Crippen LogP contribution < -0.4 is 10.2 Å². The maximum absolute atomic E-state index is 4.14. The van der Waals surface area contributed by atoms with Crippen molar-refractivity contribution in [1.29, 1.82) is 0 Å². The van der Waals surface area contributed by atoms with Gasteiger partial charge in [-0.05, 0) is 89.1 Å². The minimum Gasteiger partial charge on any atom is -0.369 e. The van der Waals surface area contributed by atoms with E-state index in [2.05, 4.69) is 204 Å². The van der Waals surface area contributed by atoms with Crippen LogP contribution in [0, 0.1) is 11.8 Å². The van der Waals surface area contributed by atoms with Gasteiger partial charge < -0.3 is 19.7 Å². The summed E-state index contributed by atoms with van der Waals surface area (Å²) in [6, 6.07) is 23.1. The monoisotopic (exact) mass is 726 g/mol. The number of hydrogen-bond donors (Lipinski definition) is 1. The molecule has 3 aliphatic heterocycles. The van der Waals surface area contributed by atoms with Crippen molar-refractivity contribution in [3.05, 3.63) is 204 Å². The summed E-state index contributed by atoms with van der Waals surface area (Å²) in [7, 11) is 2.20. The van der Waals surface area contributed by atoms with E-state index in [4.69, 9.17) is 0 Å². The van der Waals surface area contributed by atoms with Crippen molar-refractivity contribution in [3.63, 3.8) is 0 Å². The number of allylic oxidation sites excluding steroid dienone is 18. The lowest BCUT2D eigenvalue weighted by Gasteiger charge is -2.43. The van der Waals surface area contributed by atoms with E-state index in [0.717, 1.165) is 25.1 Å². The maximum Gasteiger partial charge on any atom is 0.120 e. The first-order valence-electron chi connectivity index (χ1n) is 20.3. The van der Waals surface area contributed by atoms with Gasteiger partial charge >= 0.3 is 0 Å². The Morgan fingerprint density at radius 2 is 1.62 bits per heavy atom. The highest BCUT2D eigenvalue weighted by Gasteiger charge is 2.39. The van der Waals surface area contributed by atoms with E-state index in [1.165, 1.54) is 72.3 Å². The highest BCUT2D eigenvalue weighted by molar-refractivity contribution is 6.19. The first-order chi connectivity index (χ1) is 27.6. The largest absolute Gasteiger partial charge is 0.369 e. The van der Waals surface area contributed by atoms with Gasteiger partial charge in [0, 0.05) is 53.1 Å². The zero-order chi connectivity index (χ0) is 37.3. The van der Waals surface area contributed by atoms with Crippen LogP contribution in [-0.2, 0) is 0 Å². The van der Waals surface area contributed by atoms with Gasteiger partial charge in [-0.2, -0.15) is 0 Å². The molecule has 1 N–H and O–H groups in total. The highest BCUT2D eigenvalue weighted by Crippen LogP contribution is 2.51. The summed E-state index contributed by atoms with van der Waals surface area (Å²) in [6.07, 6.45) is 43.8. The molecule has 5 atom stereocenters. The summed E-state index contributed by atoms with van der Waals surface area (Å²) in [5.74, 6) is 1.17. The Balaban J connectivity index is 1.16. The number of para-hydroxylation sites is 1. The van der Waals surface area contributed by atoms with Crippen molar-refractivity contribution in [2.45, 2.75) is 37.9 Å². The third kappa shape index (κ3) is 5.27. The van der Waals surface area contributed by atoms with Crippen molar-refractivity contribution in [3.8, 4) is 11.1 Å². The van der Waals surface area contributed by atoms with Crippen molar-refractivity contribution < 1.29 is 0 Å².